The van der Waals surface area contributed by atoms with Gasteiger partial charge in [-0.25, -0.2) is 9.67 Å². The Labute approximate surface area is 178 Å². The van der Waals surface area contributed by atoms with Crippen LogP contribution in [0.4, 0.5) is 0 Å². The Balaban J connectivity index is 1.64. The molecule has 0 atom stereocenters. The molecule has 2 aromatic heterocycles. The largest absolute Gasteiger partial charge is 0.490 e. The van der Waals surface area contributed by atoms with Crippen molar-refractivity contribution >= 4 is 17.2 Å². The monoisotopic (exact) mass is 413 g/mol. The van der Waals surface area contributed by atoms with Gasteiger partial charge in [-0.05, 0) is 42.8 Å². The summed E-state index contributed by atoms with van der Waals surface area (Å²) in [5, 5.41) is 8.92. The molecule has 4 aromatic rings. The number of para-hydroxylation sites is 1. The molecule has 0 unspecified atom stereocenters. The molecule has 0 saturated heterocycles. The number of nitrogens with zero attached hydrogens (tertiary/aromatic N) is 5. The second-order valence-electron chi connectivity index (χ2n) is 6.40. The summed E-state index contributed by atoms with van der Waals surface area (Å²) in [6.07, 6.45) is 9.66. The zero-order chi connectivity index (χ0) is 21.6. The van der Waals surface area contributed by atoms with Gasteiger partial charge in [0, 0.05) is 0 Å². The van der Waals surface area contributed by atoms with E-state index in [0.717, 1.165) is 11.3 Å². The molecule has 0 radical (unpaired) electrons. The van der Waals surface area contributed by atoms with Crippen LogP contribution in [0.25, 0.3) is 16.7 Å². The van der Waals surface area contributed by atoms with E-state index in [0.29, 0.717) is 29.1 Å². The van der Waals surface area contributed by atoms with Crippen molar-refractivity contribution in [3.63, 3.8) is 0 Å². The van der Waals surface area contributed by atoms with E-state index >= 15 is 0 Å². The second-order valence-corrected chi connectivity index (χ2v) is 6.40. The molecule has 2 heterocycles. The first-order chi connectivity index (χ1) is 15.2. The molecular weight excluding hydrogens is 394 g/mol. The molecule has 154 valence electrons. The van der Waals surface area contributed by atoms with Crippen LogP contribution in [-0.4, -0.2) is 38.9 Å². The van der Waals surface area contributed by atoms with Crippen molar-refractivity contribution in [2.45, 2.75) is 6.92 Å². The van der Waals surface area contributed by atoms with E-state index in [1.165, 1.54) is 17.2 Å². The zero-order valence-corrected chi connectivity index (χ0v) is 16.8. The molecule has 8 nitrogen and oxygen atoms in total. The van der Waals surface area contributed by atoms with Gasteiger partial charge in [-0.1, -0.05) is 24.1 Å². The Morgan fingerprint density at radius 3 is 2.77 bits per heavy atom. The fourth-order valence-electron chi connectivity index (χ4n) is 2.98. The van der Waals surface area contributed by atoms with Crippen LogP contribution >= 0.6 is 0 Å². The van der Waals surface area contributed by atoms with Crippen LogP contribution in [-0.2, 0) is 0 Å². The summed E-state index contributed by atoms with van der Waals surface area (Å²) in [6, 6.07) is 14.8. The molecule has 0 aliphatic rings. The summed E-state index contributed by atoms with van der Waals surface area (Å²) >= 11 is 0. The number of terminal acetylenes is 1. The summed E-state index contributed by atoms with van der Waals surface area (Å²) in [6.45, 7) is 2.49. The predicted octanol–water partition coefficient (Wildman–Crippen LogP) is 2.88. The third-order valence-electron chi connectivity index (χ3n) is 4.38. The van der Waals surface area contributed by atoms with Crippen molar-refractivity contribution in [2.24, 2.45) is 5.10 Å². The van der Waals surface area contributed by atoms with Gasteiger partial charge in [0.2, 0.25) is 0 Å². The van der Waals surface area contributed by atoms with Crippen molar-refractivity contribution in [1.29, 1.82) is 0 Å². The topological polar surface area (TPSA) is 83.5 Å². The molecule has 2 aromatic carbocycles. The summed E-state index contributed by atoms with van der Waals surface area (Å²) in [4.78, 5) is 17.2. The summed E-state index contributed by atoms with van der Waals surface area (Å²) in [7, 11) is 0. The van der Waals surface area contributed by atoms with Crippen LogP contribution in [0.1, 0.15) is 12.5 Å². The zero-order valence-electron chi connectivity index (χ0n) is 16.8. The van der Waals surface area contributed by atoms with Gasteiger partial charge in [0.25, 0.3) is 5.56 Å². The molecule has 0 saturated carbocycles. The van der Waals surface area contributed by atoms with E-state index in [1.54, 1.807) is 29.1 Å². The highest BCUT2D eigenvalue weighted by Crippen LogP contribution is 2.28. The number of hydrogen-bond acceptors (Lipinski definition) is 6. The molecule has 8 heteroatoms. The van der Waals surface area contributed by atoms with E-state index in [4.69, 9.17) is 15.9 Å². The molecule has 0 spiro atoms. The standard InChI is InChI=1S/C23H19N5O3/c1-3-12-31-20-11-10-17(13-21(20)30-4-2)14-25-27-16-24-22-19(23(27)29)15-26-28(22)18-8-6-5-7-9-18/h1,5-11,13-16H,4,12H2,2H3/b25-14-. The highest BCUT2D eigenvalue weighted by atomic mass is 16.5. The minimum Gasteiger partial charge on any atom is -0.490 e. The van der Waals surface area contributed by atoms with Crippen LogP contribution in [0.15, 0.2) is 71.0 Å². The van der Waals surface area contributed by atoms with Crippen molar-refractivity contribution in [3.05, 3.63) is 77.0 Å². The first-order valence-corrected chi connectivity index (χ1v) is 9.59. The Morgan fingerprint density at radius 2 is 2.00 bits per heavy atom. The highest BCUT2D eigenvalue weighted by Gasteiger charge is 2.11. The average molecular weight is 413 g/mol. The van der Waals surface area contributed by atoms with Gasteiger partial charge in [-0.15, -0.1) is 6.42 Å². The number of rotatable bonds is 7. The number of aromatic nitrogens is 4. The van der Waals surface area contributed by atoms with E-state index in [2.05, 4.69) is 21.1 Å². The number of benzene rings is 2. The Kier molecular flexibility index (Phi) is 5.76. The molecule has 0 fully saturated rings. The van der Waals surface area contributed by atoms with Crippen LogP contribution in [0.3, 0.4) is 0 Å². The molecule has 31 heavy (non-hydrogen) atoms. The van der Waals surface area contributed by atoms with E-state index in [9.17, 15) is 4.79 Å². The van der Waals surface area contributed by atoms with Gasteiger partial charge < -0.3 is 9.47 Å². The number of fused-ring (bicyclic) bond motifs is 1. The predicted molar refractivity (Wildman–Crippen MR) is 118 cm³/mol. The fraction of sp³-hybridized carbons (Fsp3) is 0.130. The maximum atomic E-state index is 12.8. The Morgan fingerprint density at radius 1 is 1.16 bits per heavy atom. The van der Waals surface area contributed by atoms with E-state index in [-0.39, 0.29) is 12.2 Å². The van der Waals surface area contributed by atoms with Crippen molar-refractivity contribution in [3.8, 4) is 29.5 Å². The summed E-state index contributed by atoms with van der Waals surface area (Å²) < 4.78 is 13.9. The molecule has 4 rings (SSSR count). The number of hydrogen-bond donors (Lipinski definition) is 0. The smallest absolute Gasteiger partial charge is 0.285 e. The molecule has 0 aliphatic carbocycles. The highest BCUT2D eigenvalue weighted by molar-refractivity contribution is 5.81. The number of ether oxygens (including phenoxy) is 2. The quantitative estimate of drug-likeness (QED) is 0.344. The van der Waals surface area contributed by atoms with Crippen molar-refractivity contribution in [2.75, 3.05) is 13.2 Å². The fourth-order valence-corrected chi connectivity index (χ4v) is 2.98. The third kappa shape index (κ3) is 4.16. The first kappa shape index (κ1) is 19.9. The Hall–Kier alpha value is -4.38. The van der Waals surface area contributed by atoms with Crippen molar-refractivity contribution in [1.82, 2.24) is 19.4 Å². The van der Waals surface area contributed by atoms with Gasteiger partial charge in [-0.2, -0.15) is 14.9 Å². The summed E-state index contributed by atoms with van der Waals surface area (Å²) in [5.74, 6) is 3.52. The molecule has 0 N–H and O–H groups in total. The van der Waals surface area contributed by atoms with Gasteiger partial charge in [-0.3, -0.25) is 4.79 Å². The van der Waals surface area contributed by atoms with Crippen LogP contribution in [0, 0.1) is 12.3 Å². The SMILES string of the molecule is C#CCOc1ccc(/C=N\n2cnc3c(cnn3-c3ccccc3)c2=O)cc1OCC. The van der Waals surface area contributed by atoms with Crippen LogP contribution < -0.4 is 15.0 Å². The maximum absolute atomic E-state index is 12.8. The minimum absolute atomic E-state index is 0.144. The lowest BCUT2D eigenvalue weighted by atomic mass is 10.2. The van der Waals surface area contributed by atoms with Gasteiger partial charge in [0.1, 0.15) is 18.3 Å². The first-order valence-electron chi connectivity index (χ1n) is 9.59. The van der Waals surface area contributed by atoms with E-state index in [1.807, 2.05) is 37.3 Å². The second kappa shape index (κ2) is 8.97. The van der Waals surface area contributed by atoms with E-state index < -0.39 is 0 Å². The Bertz CT molecular complexity index is 1330. The lowest BCUT2D eigenvalue weighted by Crippen LogP contribution is -2.17. The van der Waals surface area contributed by atoms with Crippen LogP contribution in [0.2, 0.25) is 0 Å². The summed E-state index contributed by atoms with van der Waals surface area (Å²) in [5.41, 5.74) is 1.70. The van der Waals surface area contributed by atoms with Gasteiger partial charge in [0.05, 0.1) is 24.7 Å². The van der Waals surface area contributed by atoms with Gasteiger partial charge >= 0.3 is 0 Å². The van der Waals surface area contributed by atoms with Crippen molar-refractivity contribution < 1.29 is 9.47 Å². The minimum atomic E-state index is -0.317. The molecule has 0 amide bonds. The average Bonchev–Trinajstić information content (AvgIpc) is 3.24. The van der Waals surface area contributed by atoms with Crippen LogP contribution in [0.5, 0.6) is 11.5 Å². The lowest BCUT2D eigenvalue weighted by Gasteiger charge is -2.10. The third-order valence-corrected chi connectivity index (χ3v) is 4.38. The molecule has 0 bridgehead atoms. The molecular formula is C23H19N5O3. The maximum Gasteiger partial charge on any atom is 0.285 e. The lowest BCUT2D eigenvalue weighted by molar-refractivity contribution is 0.299. The molecule has 0 aliphatic heterocycles. The normalized spacial score (nSPS) is 11.0. The van der Waals surface area contributed by atoms with Gasteiger partial charge in [0.15, 0.2) is 17.1 Å².